The molecule has 0 spiro atoms. The van der Waals surface area contributed by atoms with Gasteiger partial charge in [0.05, 0.1) is 35.3 Å². The van der Waals surface area contributed by atoms with Gasteiger partial charge in [-0.25, -0.2) is 15.0 Å². The molecule has 0 saturated carbocycles. The van der Waals surface area contributed by atoms with Crippen molar-refractivity contribution in [3.63, 3.8) is 0 Å². The van der Waals surface area contributed by atoms with Gasteiger partial charge >= 0.3 is 12.4 Å². The average Bonchev–Trinajstić information content (AvgIpc) is 3.36. The van der Waals surface area contributed by atoms with E-state index in [2.05, 4.69) is 15.0 Å². The number of amides is 1. The number of nitrogens with zero attached hydrogens (tertiary/aromatic N) is 5. The first-order valence-corrected chi connectivity index (χ1v) is 10.8. The summed E-state index contributed by atoms with van der Waals surface area (Å²) in [5, 5.41) is 0. The Hall–Kier alpha value is -4.22. The average molecular weight is 519 g/mol. The molecule has 0 bridgehead atoms. The lowest BCUT2D eigenvalue weighted by Crippen LogP contribution is -2.28. The molecule has 4 rings (SSSR count). The predicted molar refractivity (Wildman–Crippen MR) is 121 cm³/mol. The highest BCUT2D eigenvalue weighted by molar-refractivity contribution is 5.99. The molecule has 0 aliphatic rings. The van der Waals surface area contributed by atoms with Crippen LogP contribution in [0.25, 0.3) is 11.3 Å². The highest BCUT2D eigenvalue weighted by atomic mass is 19.4. The first-order valence-electron chi connectivity index (χ1n) is 10.8. The summed E-state index contributed by atoms with van der Waals surface area (Å²) in [4.78, 5) is 27.1. The lowest BCUT2D eigenvalue weighted by molar-refractivity contribution is -0.143. The smallest absolute Gasteiger partial charge is 0.337 e. The maximum absolute atomic E-state index is 13.3. The number of aromatic nitrogens is 4. The van der Waals surface area contributed by atoms with Crippen LogP contribution in [0.2, 0.25) is 0 Å². The summed E-state index contributed by atoms with van der Waals surface area (Å²) in [6.45, 7) is -0.231. The van der Waals surface area contributed by atoms with Gasteiger partial charge in [0.1, 0.15) is 5.82 Å². The minimum atomic E-state index is -4.99. The molecule has 4 aromatic rings. The Bertz CT molecular complexity index is 1350. The topological polar surface area (TPSA) is 63.9 Å². The van der Waals surface area contributed by atoms with Gasteiger partial charge in [-0.1, -0.05) is 30.3 Å². The molecule has 2 heterocycles. The van der Waals surface area contributed by atoms with Gasteiger partial charge in [-0.2, -0.15) is 26.3 Å². The maximum Gasteiger partial charge on any atom is 0.416 e. The number of halogens is 6. The molecular weight excluding hydrogens is 500 g/mol. The zero-order valence-electron chi connectivity index (χ0n) is 19.3. The Morgan fingerprint density at radius 2 is 1.62 bits per heavy atom. The highest BCUT2D eigenvalue weighted by Crippen LogP contribution is 2.36. The molecule has 0 saturated heterocycles. The summed E-state index contributed by atoms with van der Waals surface area (Å²) in [5.74, 6) is -0.289. The molecule has 6 nitrogen and oxygen atoms in total. The summed E-state index contributed by atoms with van der Waals surface area (Å²) in [6, 6.07) is 9.95. The Kier molecular flexibility index (Phi) is 7.01. The number of imidazole rings is 1. The van der Waals surface area contributed by atoms with Gasteiger partial charge in [0, 0.05) is 37.7 Å². The van der Waals surface area contributed by atoms with Crippen molar-refractivity contribution in [1.82, 2.24) is 24.4 Å². The molecule has 0 atom stereocenters. The molecule has 0 N–H and O–H groups in total. The number of carbonyl (C=O) groups is 1. The second-order valence-electron chi connectivity index (χ2n) is 8.22. The lowest BCUT2D eigenvalue weighted by Gasteiger charge is -2.21. The molecule has 1 amide bonds. The highest BCUT2D eigenvalue weighted by Gasteiger charge is 2.37. The monoisotopic (exact) mass is 519 g/mol. The molecular formula is C25H19F6N5O. The number of alkyl halides is 6. The zero-order valence-corrected chi connectivity index (χ0v) is 19.3. The van der Waals surface area contributed by atoms with Gasteiger partial charge in [-0.3, -0.25) is 4.79 Å². The SMILES string of the molecule is CN(Cc1cc(C(F)(F)F)cc(C(F)(F)F)c1)C(=O)c1cnc(Cn2ccnc2)nc1-c1ccccc1. The molecule has 12 heteroatoms. The first kappa shape index (κ1) is 25.9. The van der Waals surface area contributed by atoms with Crippen LogP contribution in [0, 0.1) is 0 Å². The Balaban J connectivity index is 1.68. The number of hydrogen-bond acceptors (Lipinski definition) is 4. The third-order valence-corrected chi connectivity index (χ3v) is 5.41. The minimum absolute atomic E-state index is 0.0473. The standard InChI is InChI=1S/C25H19F6N5O/c1-35(13-16-9-18(24(26,27)28)11-19(10-16)25(29,30)31)23(37)20-12-33-21(14-36-8-7-32-15-36)34-22(20)17-5-3-2-4-6-17/h2-12,15H,13-14H2,1H3. The molecule has 0 unspecified atom stereocenters. The Labute approximate surface area is 207 Å². The van der Waals surface area contributed by atoms with Crippen LogP contribution in [0.5, 0.6) is 0 Å². The van der Waals surface area contributed by atoms with Crippen LogP contribution in [0.15, 0.2) is 73.4 Å². The van der Waals surface area contributed by atoms with Crippen molar-refractivity contribution in [3.05, 3.63) is 102 Å². The van der Waals surface area contributed by atoms with E-state index in [0.717, 1.165) is 4.90 Å². The van der Waals surface area contributed by atoms with Crippen LogP contribution in [-0.4, -0.2) is 37.4 Å². The van der Waals surface area contributed by atoms with Crippen LogP contribution in [0.4, 0.5) is 26.3 Å². The van der Waals surface area contributed by atoms with Crippen LogP contribution >= 0.6 is 0 Å². The molecule has 0 radical (unpaired) electrons. The third kappa shape index (κ3) is 6.13. The van der Waals surface area contributed by atoms with E-state index in [1.807, 2.05) is 0 Å². The normalized spacial score (nSPS) is 12.0. The van der Waals surface area contributed by atoms with E-state index in [4.69, 9.17) is 0 Å². The number of carbonyl (C=O) groups excluding carboxylic acids is 1. The van der Waals surface area contributed by atoms with Crippen LogP contribution in [0.1, 0.15) is 32.9 Å². The lowest BCUT2D eigenvalue weighted by atomic mass is 10.0. The summed E-state index contributed by atoms with van der Waals surface area (Å²) < 4.78 is 81.2. The quantitative estimate of drug-likeness (QED) is 0.307. The molecule has 37 heavy (non-hydrogen) atoms. The van der Waals surface area contributed by atoms with Gasteiger partial charge in [0.15, 0.2) is 0 Å². The van der Waals surface area contributed by atoms with Crippen LogP contribution in [0.3, 0.4) is 0 Å². The maximum atomic E-state index is 13.3. The summed E-state index contributed by atoms with van der Waals surface area (Å²) in [7, 11) is 1.28. The summed E-state index contributed by atoms with van der Waals surface area (Å²) in [5.41, 5.74) is -2.30. The van der Waals surface area contributed by atoms with Gasteiger partial charge in [-0.05, 0) is 23.8 Å². The van der Waals surface area contributed by atoms with Crippen molar-refractivity contribution in [2.45, 2.75) is 25.4 Å². The zero-order chi connectivity index (χ0) is 26.8. The predicted octanol–water partition coefficient (Wildman–Crippen LogP) is 5.70. The molecule has 2 aromatic carbocycles. The fourth-order valence-electron chi connectivity index (χ4n) is 3.67. The first-order chi connectivity index (χ1) is 17.4. The Morgan fingerprint density at radius 3 is 2.19 bits per heavy atom. The molecule has 192 valence electrons. The van der Waals surface area contributed by atoms with Crippen LogP contribution in [-0.2, 0) is 25.4 Å². The van der Waals surface area contributed by atoms with E-state index in [0.29, 0.717) is 23.5 Å². The molecule has 0 aliphatic carbocycles. The summed E-state index contributed by atoms with van der Waals surface area (Å²) >= 11 is 0. The summed E-state index contributed by atoms with van der Waals surface area (Å²) in [6.07, 6.45) is -3.81. The van der Waals surface area contributed by atoms with Crippen molar-refractivity contribution >= 4 is 5.91 Å². The van der Waals surface area contributed by atoms with E-state index >= 15 is 0 Å². The fraction of sp³-hybridized carbons (Fsp3) is 0.200. The number of benzene rings is 2. The third-order valence-electron chi connectivity index (χ3n) is 5.41. The fourth-order valence-corrected chi connectivity index (χ4v) is 3.67. The largest absolute Gasteiger partial charge is 0.416 e. The minimum Gasteiger partial charge on any atom is -0.337 e. The van der Waals surface area contributed by atoms with Crippen molar-refractivity contribution in [1.29, 1.82) is 0 Å². The van der Waals surface area contributed by atoms with E-state index in [-0.39, 0.29) is 29.4 Å². The van der Waals surface area contributed by atoms with Crippen molar-refractivity contribution < 1.29 is 31.1 Å². The van der Waals surface area contributed by atoms with E-state index in [1.54, 1.807) is 53.6 Å². The van der Waals surface area contributed by atoms with Crippen molar-refractivity contribution in [3.8, 4) is 11.3 Å². The number of hydrogen-bond donors (Lipinski definition) is 0. The second-order valence-corrected chi connectivity index (χ2v) is 8.22. The second kappa shape index (κ2) is 10.0. The molecule has 0 aliphatic heterocycles. The van der Waals surface area contributed by atoms with E-state index < -0.39 is 35.9 Å². The van der Waals surface area contributed by atoms with Gasteiger partial charge in [0.25, 0.3) is 5.91 Å². The number of rotatable bonds is 6. The van der Waals surface area contributed by atoms with Gasteiger partial charge < -0.3 is 9.47 Å². The van der Waals surface area contributed by atoms with Gasteiger partial charge in [0.2, 0.25) is 0 Å². The van der Waals surface area contributed by atoms with E-state index in [9.17, 15) is 31.1 Å². The molecule has 0 fully saturated rings. The van der Waals surface area contributed by atoms with Crippen molar-refractivity contribution in [2.24, 2.45) is 0 Å². The van der Waals surface area contributed by atoms with Crippen molar-refractivity contribution in [2.75, 3.05) is 7.05 Å². The Morgan fingerprint density at radius 1 is 0.973 bits per heavy atom. The van der Waals surface area contributed by atoms with E-state index in [1.165, 1.54) is 13.2 Å². The van der Waals surface area contributed by atoms with Gasteiger partial charge in [-0.15, -0.1) is 0 Å². The van der Waals surface area contributed by atoms with Crippen LogP contribution < -0.4 is 0 Å². The molecule has 2 aromatic heterocycles.